The molecule has 0 aliphatic heterocycles. The highest BCUT2D eigenvalue weighted by atomic mass is 35.5. The van der Waals surface area contributed by atoms with E-state index in [-0.39, 0.29) is 12.0 Å². The summed E-state index contributed by atoms with van der Waals surface area (Å²) in [5.41, 5.74) is 1.92. The van der Waals surface area contributed by atoms with Crippen molar-refractivity contribution in [1.29, 1.82) is 0 Å². The summed E-state index contributed by atoms with van der Waals surface area (Å²) in [5.74, 6) is 0.235. The predicted molar refractivity (Wildman–Crippen MR) is 89.9 cm³/mol. The lowest BCUT2D eigenvalue weighted by Gasteiger charge is -2.25. The molecular formula is C16H19ClN2OS. The van der Waals surface area contributed by atoms with Gasteiger partial charge in [-0.3, -0.25) is 4.79 Å². The third kappa shape index (κ3) is 3.27. The molecule has 1 aromatic heterocycles. The van der Waals surface area contributed by atoms with Gasteiger partial charge in [-0.15, -0.1) is 0 Å². The van der Waals surface area contributed by atoms with E-state index in [1.807, 2.05) is 45.2 Å². The number of thiazole rings is 1. The van der Waals surface area contributed by atoms with Crippen molar-refractivity contribution in [2.24, 2.45) is 0 Å². The van der Waals surface area contributed by atoms with E-state index in [1.165, 1.54) is 11.3 Å². The Kier molecular flexibility index (Phi) is 5.01. The van der Waals surface area contributed by atoms with Crippen LogP contribution in [-0.4, -0.2) is 18.3 Å². The van der Waals surface area contributed by atoms with E-state index in [2.05, 4.69) is 16.8 Å². The Hall–Kier alpha value is -1.39. The number of carbonyl (C=O) groups is 1. The minimum atomic E-state index is 0.0874. The van der Waals surface area contributed by atoms with Crippen molar-refractivity contribution in [3.63, 3.8) is 0 Å². The largest absolute Gasteiger partial charge is 0.344 e. The van der Waals surface area contributed by atoms with Crippen LogP contribution in [0.4, 0.5) is 5.13 Å². The van der Waals surface area contributed by atoms with Crippen molar-refractivity contribution in [3.8, 4) is 0 Å². The molecule has 2 aromatic rings. The van der Waals surface area contributed by atoms with Gasteiger partial charge in [-0.05, 0) is 24.5 Å². The molecular weight excluding hydrogens is 304 g/mol. The molecule has 1 unspecified atom stereocenters. The second-order valence-corrected chi connectivity index (χ2v) is 6.74. The van der Waals surface area contributed by atoms with Crippen molar-refractivity contribution in [2.45, 2.75) is 32.7 Å². The Bertz CT molecular complexity index is 639. The zero-order chi connectivity index (χ0) is 15.6. The Balaban J connectivity index is 2.34. The highest BCUT2D eigenvalue weighted by molar-refractivity contribution is 7.17. The summed E-state index contributed by atoms with van der Waals surface area (Å²) < 4.78 is 0. The molecule has 0 aliphatic rings. The molecule has 0 N–H and O–H groups in total. The summed E-state index contributed by atoms with van der Waals surface area (Å²) in [6, 6.07) is 7.89. The first-order valence-electron chi connectivity index (χ1n) is 6.88. The van der Waals surface area contributed by atoms with Gasteiger partial charge in [0.25, 0.3) is 0 Å². The Morgan fingerprint density at radius 1 is 1.29 bits per heavy atom. The van der Waals surface area contributed by atoms with E-state index in [4.69, 9.17) is 11.6 Å². The second-order valence-electron chi connectivity index (χ2n) is 5.33. The van der Waals surface area contributed by atoms with Gasteiger partial charge in [0.15, 0.2) is 11.4 Å². The van der Waals surface area contributed by atoms with Crippen LogP contribution < -0.4 is 4.90 Å². The van der Waals surface area contributed by atoms with Gasteiger partial charge >= 0.3 is 0 Å². The van der Waals surface area contributed by atoms with Crippen LogP contribution in [0.1, 0.15) is 53.7 Å². The smallest absolute Gasteiger partial charge is 0.186 e. The number of carbonyl (C=O) groups excluding carboxylic acids is 1. The zero-order valence-electron chi connectivity index (χ0n) is 12.6. The fourth-order valence-electron chi connectivity index (χ4n) is 2.17. The van der Waals surface area contributed by atoms with Crippen molar-refractivity contribution in [2.75, 3.05) is 11.9 Å². The molecule has 3 nitrogen and oxygen atoms in total. The predicted octanol–water partition coefficient (Wildman–Crippen LogP) is 4.93. The van der Waals surface area contributed by atoms with Crippen molar-refractivity contribution in [3.05, 3.63) is 45.4 Å². The minimum Gasteiger partial charge on any atom is -0.344 e. The molecule has 0 amide bonds. The third-order valence-electron chi connectivity index (χ3n) is 3.56. The van der Waals surface area contributed by atoms with Crippen LogP contribution in [0.15, 0.2) is 24.3 Å². The van der Waals surface area contributed by atoms with E-state index in [0.717, 1.165) is 27.7 Å². The highest BCUT2D eigenvalue weighted by Gasteiger charge is 2.21. The average Bonchev–Trinajstić information content (AvgIpc) is 2.90. The maximum atomic E-state index is 11.2. The van der Waals surface area contributed by atoms with Gasteiger partial charge < -0.3 is 4.90 Å². The summed E-state index contributed by atoms with van der Waals surface area (Å²) >= 11 is 7.69. The molecule has 0 fully saturated rings. The van der Waals surface area contributed by atoms with Gasteiger partial charge in [-0.25, -0.2) is 4.98 Å². The van der Waals surface area contributed by atoms with Crippen LogP contribution in [0.2, 0.25) is 5.02 Å². The van der Waals surface area contributed by atoms with Crippen molar-refractivity contribution in [1.82, 2.24) is 4.98 Å². The lowest BCUT2D eigenvalue weighted by atomic mass is 10.1. The number of aromatic nitrogens is 1. The number of aldehydes is 1. The van der Waals surface area contributed by atoms with Crippen LogP contribution >= 0.6 is 22.9 Å². The van der Waals surface area contributed by atoms with Crippen LogP contribution in [0.5, 0.6) is 0 Å². The fourth-order valence-corrected chi connectivity index (χ4v) is 3.54. The first-order valence-corrected chi connectivity index (χ1v) is 8.08. The van der Waals surface area contributed by atoms with Gasteiger partial charge in [-0.2, -0.15) is 0 Å². The number of rotatable bonds is 5. The number of anilines is 1. The van der Waals surface area contributed by atoms with Crippen molar-refractivity contribution >= 4 is 34.4 Å². The molecule has 112 valence electrons. The number of hydrogen-bond acceptors (Lipinski definition) is 4. The summed E-state index contributed by atoms with van der Waals surface area (Å²) in [5, 5.41) is 1.58. The Morgan fingerprint density at radius 3 is 2.48 bits per heavy atom. The minimum absolute atomic E-state index is 0.0874. The van der Waals surface area contributed by atoms with E-state index in [1.54, 1.807) is 0 Å². The third-order valence-corrected chi connectivity index (χ3v) is 4.99. The Labute approximate surface area is 134 Å². The van der Waals surface area contributed by atoms with Gasteiger partial charge in [0.1, 0.15) is 0 Å². The van der Waals surface area contributed by atoms with Gasteiger partial charge in [-0.1, -0.05) is 55.0 Å². The zero-order valence-corrected chi connectivity index (χ0v) is 14.2. The SMILES string of the molecule is CC(C)c1nc(N(C)C(C)c2ccccc2Cl)sc1C=O. The lowest BCUT2D eigenvalue weighted by Crippen LogP contribution is -2.21. The molecule has 21 heavy (non-hydrogen) atoms. The molecule has 1 atom stereocenters. The summed E-state index contributed by atoms with van der Waals surface area (Å²) in [4.78, 5) is 18.6. The van der Waals surface area contributed by atoms with Gasteiger partial charge in [0.05, 0.1) is 16.6 Å². The van der Waals surface area contributed by atoms with Gasteiger partial charge in [0.2, 0.25) is 0 Å². The lowest BCUT2D eigenvalue weighted by molar-refractivity contribution is 0.112. The van der Waals surface area contributed by atoms with Crippen molar-refractivity contribution < 1.29 is 4.79 Å². The first-order chi connectivity index (χ1) is 9.95. The number of nitrogens with zero attached hydrogens (tertiary/aromatic N) is 2. The molecule has 0 spiro atoms. The topological polar surface area (TPSA) is 33.2 Å². The normalized spacial score (nSPS) is 12.5. The van der Waals surface area contributed by atoms with E-state index in [0.29, 0.717) is 4.88 Å². The first kappa shape index (κ1) is 16.0. The van der Waals surface area contributed by atoms with Crippen LogP contribution in [0.25, 0.3) is 0 Å². The molecule has 0 radical (unpaired) electrons. The standard InChI is InChI=1S/C16H19ClN2OS/c1-10(2)15-14(9-20)21-16(18-15)19(4)11(3)12-7-5-6-8-13(12)17/h5-11H,1-4H3. The van der Waals surface area contributed by atoms with E-state index >= 15 is 0 Å². The quantitative estimate of drug-likeness (QED) is 0.732. The molecule has 0 bridgehead atoms. The summed E-state index contributed by atoms with van der Waals surface area (Å²) in [7, 11) is 1.98. The maximum absolute atomic E-state index is 11.2. The molecule has 0 aliphatic carbocycles. The maximum Gasteiger partial charge on any atom is 0.186 e. The van der Waals surface area contributed by atoms with Crippen LogP contribution in [0, 0.1) is 0 Å². The molecule has 1 heterocycles. The number of hydrogen-bond donors (Lipinski definition) is 0. The summed E-state index contributed by atoms with van der Waals surface area (Å²) in [6.45, 7) is 6.17. The molecule has 0 saturated carbocycles. The number of halogens is 1. The van der Waals surface area contributed by atoms with E-state index < -0.39 is 0 Å². The fraction of sp³-hybridized carbons (Fsp3) is 0.375. The highest BCUT2D eigenvalue weighted by Crippen LogP contribution is 2.34. The van der Waals surface area contributed by atoms with E-state index in [9.17, 15) is 4.79 Å². The Morgan fingerprint density at radius 2 is 1.95 bits per heavy atom. The summed E-state index contributed by atoms with van der Waals surface area (Å²) in [6.07, 6.45) is 0.893. The van der Waals surface area contributed by atoms with Gasteiger partial charge in [0, 0.05) is 12.1 Å². The second kappa shape index (κ2) is 6.58. The molecule has 2 rings (SSSR count). The molecule has 0 saturated heterocycles. The number of benzene rings is 1. The molecule has 1 aromatic carbocycles. The monoisotopic (exact) mass is 322 g/mol. The molecule has 5 heteroatoms. The van der Waals surface area contributed by atoms with Crippen LogP contribution in [0.3, 0.4) is 0 Å². The van der Waals surface area contributed by atoms with Crippen LogP contribution in [-0.2, 0) is 0 Å². The average molecular weight is 323 g/mol.